The molecule has 1 saturated carbocycles. The van der Waals surface area contributed by atoms with Crippen LogP contribution in [0.15, 0.2) is 18.2 Å². The Morgan fingerprint density at radius 2 is 1.91 bits per heavy atom. The Balaban J connectivity index is 1.64. The Kier molecular flexibility index (Phi) is 4.69. The minimum Gasteiger partial charge on any atom is -0.339 e. The lowest BCUT2D eigenvalue weighted by Gasteiger charge is -2.31. The van der Waals surface area contributed by atoms with Crippen LogP contribution in [0, 0.1) is 19.8 Å². The van der Waals surface area contributed by atoms with E-state index >= 15 is 0 Å². The van der Waals surface area contributed by atoms with Crippen LogP contribution in [-0.2, 0) is 9.59 Å². The molecule has 4 heteroatoms. The van der Waals surface area contributed by atoms with Gasteiger partial charge in [0.05, 0.1) is 5.92 Å². The van der Waals surface area contributed by atoms with Crippen molar-refractivity contribution >= 4 is 17.5 Å². The van der Waals surface area contributed by atoms with Crippen LogP contribution >= 0.6 is 0 Å². The number of benzene rings is 1. The molecule has 1 heterocycles. The molecule has 2 amide bonds. The van der Waals surface area contributed by atoms with Gasteiger partial charge >= 0.3 is 0 Å². The molecule has 0 spiro atoms. The molecule has 2 fully saturated rings. The Morgan fingerprint density at radius 3 is 2.65 bits per heavy atom. The summed E-state index contributed by atoms with van der Waals surface area (Å²) in [6.07, 6.45) is 6.22. The molecule has 23 heavy (non-hydrogen) atoms. The van der Waals surface area contributed by atoms with Gasteiger partial charge in [-0.2, -0.15) is 0 Å². The molecule has 2 aliphatic rings. The van der Waals surface area contributed by atoms with E-state index in [1.807, 2.05) is 36.9 Å². The van der Waals surface area contributed by atoms with Crippen LogP contribution in [0.3, 0.4) is 0 Å². The second-order valence-electron chi connectivity index (χ2n) is 7.05. The van der Waals surface area contributed by atoms with Gasteiger partial charge in [0.1, 0.15) is 0 Å². The lowest BCUT2D eigenvalue weighted by molar-refractivity contribution is -0.130. The number of rotatable bonds is 3. The van der Waals surface area contributed by atoms with E-state index in [1.54, 1.807) is 0 Å². The topological polar surface area (TPSA) is 49.4 Å². The van der Waals surface area contributed by atoms with E-state index in [4.69, 9.17) is 0 Å². The number of aryl methyl sites for hydroxylation is 2. The Hall–Kier alpha value is -1.84. The van der Waals surface area contributed by atoms with E-state index in [9.17, 15) is 9.59 Å². The highest BCUT2D eigenvalue weighted by Gasteiger charge is 2.38. The molecule has 0 unspecified atom stereocenters. The van der Waals surface area contributed by atoms with E-state index in [-0.39, 0.29) is 17.7 Å². The third-order valence-corrected chi connectivity index (χ3v) is 5.20. The highest BCUT2D eigenvalue weighted by molar-refractivity contribution is 5.97. The first-order valence-corrected chi connectivity index (χ1v) is 8.72. The molecule has 1 aromatic rings. The maximum atomic E-state index is 12.6. The molecule has 124 valence electrons. The SMILES string of the molecule is Cc1ccc(C)c(NC(=O)[C@@H]2CC(=O)N(C3CCCCC3)C2)c1. The van der Waals surface area contributed by atoms with E-state index < -0.39 is 0 Å². The lowest BCUT2D eigenvalue weighted by Crippen LogP contribution is -2.38. The van der Waals surface area contributed by atoms with Crippen molar-refractivity contribution in [2.45, 2.75) is 58.4 Å². The molecule has 1 saturated heterocycles. The standard InChI is InChI=1S/C19H26N2O2/c1-13-8-9-14(2)17(10-13)20-19(23)15-11-18(22)21(12-15)16-6-4-3-5-7-16/h8-10,15-16H,3-7,11-12H2,1-2H3,(H,20,23)/t15-/m1/s1. The smallest absolute Gasteiger partial charge is 0.229 e. The van der Waals surface area contributed by atoms with Crippen LogP contribution in [0.5, 0.6) is 0 Å². The predicted octanol–water partition coefficient (Wildman–Crippen LogP) is 3.42. The number of amides is 2. The third kappa shape index (κ3) is 3.57. The fourth-order valence-electron chi connectivity index (χ4n) is 3.76. The normalized spacial score (nSPS) is 22.4. The van der Waals surface area contributed by atoms with Gasteiger partial charge < -0.3 is 10.2 Å². The van der Waals surface area contributed by atoms with Gasteiger partial charge in [-0.15, -0.1) is 0 Å². The van der Waals surface area contributed by atoms with Gasteiger partial charge in [0.15, 0.2) is 0 Å². The Bertz CT molecular complexity index is 605. The summed E-state index contributed by atoms with van der Waals surface area (Å²) in [5.41, 5.74) is 3.04. The molecule has 3 rings (SSSR count). The zero-order valence-corrected chi connectivity index (χ0v) is 14.1. The summed E-state index contributed by atoms with van der Waals surface area (Å²) in [6.45, 7) is 4.59. The Morgan fingerprint density at radius 1 is 1.17 bits per heavy atom. The van der Waals surface area contributed by atoms with Gasteiger partial charge in [0.2, 0.25) is 11.8 Å². The van der Waals surface area contributed by atoms with Crippen LogP contribution < -0.4 is 5.32 Å². The quantitative estimate of drug-likeness (QED) is 0.929. The van der Waals surface area contributed by atoms with Crippen molar-refractivity contribution in [1.82, 2.24) is 4.90 Å². The van der Waals surface area contributed by atoms with E-state index in [2.05, 4.69) is 5.32 Å². The predicted molar refractivity (Wildman–Crippen MR) is 91.2 cm³/mol. The van der Waals surface area contributed by atoms with Gasteiger partial charge in [-0.25, -0.2) is 0 Å². The molecule has 1 aliphatic carbocycles. The number of hydrogen-bond acceptors (Lipinski definition) is 2. The summed E-state index contributed by atoms with van der Waals surface area (Å²) in [6, 6.07) is 6.39. The highest BCUT2D eigenvalue weighted by Crippen LogP contribution is 2.29. The summed E-state index contributed by atoms with van der Waals surface area (Å²) in [5, 5.41) is 3.02. The zero-order valence-electron chi connectivity index (χ0n) is 14.1. The van der Waals surface area contributed by atoms with Crippen molar-refractivity contribution in [1.29, 1.82) is 0 Å². The fraction of sp³-hybridized carbons (Fsp3) is 0.579. The summed E-state index contributed by atoms with van der Waals surface area (Å²) in [4.78, 5) is 26.8. The van der Waals surface area contributed by atoms with Crippen molar-refractivity contribution in [2.24, 2.45) is 5.92 Å². The second-order valence-corrected chi connectivity index (χ2v) is 7.05. The minimum atomic E-state index is -0.218. The van der Waals surface area contributed by atoms with Crippen LogP contribution in [-0.4, -0.2) is 29.3 Å². The summed E-state index contributed by atoms with van der Waals surface area (Å²) < 4.78 is 0. The van der Waals surface area contributed by atoms with E-state index in [0.29, 0.717) is 19.0 Å². The second kappa shape index (κ2) is 6.73. The first-order valence-electron chi connectivity index (χ1n) is 8.72. The van der Waals surface area contributed by atoms with E-state index in [0.717, 1.165) is 29.7 Å². The van der Waals surface area contributed by atoms with Crippen molar-refractivity contribution in [2.75, 3.05) is 11.9 Å². The monoisotopic (exact) mass is 314 g/mol. The molecule has 1 atom stereocenters. The molecule has 0 bridgehead atoms. The van der Waals surface area contributed by atoms with Crippen molar-refractivity contribution < 1.29 is 9.59 Å². The lowest BCUT2D eigenvalue weighted by atomic mass is 9.94. The summed E-state index contributed by atoms with van der Waals surface area (Å²) >= 11 is 0. The largest absolute Gasteiger partial charge is 0.339 e. The molecule has 1 N–H and O–H groups in total. The van der Waals surface area contributed by atoms with Crippen LogP contribution in [0.1, 0.15) is 49.7 Å². The average Bonchev–Trinajstić information content (AvgIpc) is 2.94. The summed E-state index contributed by atoms with van der Waals surface area (Å²) in [7, 11) is 0. The third-order valence-electron chi connectivity index (χ3n) is 5.20. The van der Waals surface area contributed by atoms with Gasteiger partial charge in [-0.3, -0.25) is 9.59 Å². The average molecular weight is 314 g/mol. The number of carbonyl (C=O) groups is 2. The summed E-state index contributed by atoms with van der Waals surface area (Å²) in [5.74, 6) is -0.0901. The molecular formula is C19H26N2O2. The molecule has 1 aromatic carbocycles. The number of nitrogens with one attached hydrogen (secondary N) is 1. The van der Waals surface area contributed by atoms with Crippen LogP contribution in [0.4, 0.5) is 5.69 Å². The van der Waals surface area contributed by atoms with Crippen LogP contribution in [0.2, 0.25) is 0 Å². The number of hydrogen-bond donors (Lipinski definition) is 1. The van der Waals surface area contributed by atoms with Gasteiger partial charge in [-0.05, 0) is 43.9 Å². The molecule has 0 radical (unpaired) electrons. The maximum absolute atomic E-state index is 12.6. The first kappa shape index (κ1) is 16.0. The van der Waals surface area contributed by atoms with Gasteiger partial charge in [0, 0.05) is 24.7 Å². The van der Waals surface area contributed by atoms with Gasteiger partial charge in [0.25, 0.3) is 0 Å². The van der Waals surface area contributed by atoms with Crippen LogP contribution in [0.25, 0.3) is 0 Å². The molecule has 1 aliphatic heterocycles. The fourth-order valence-corrected chi connectivity index (χ4v) is 3.76. The number of anilines is 1. The first-order chi connectivity index (χ1) is 11.0. The van der Waals surface area contributed by atoms with Crippen molar-refractivity contribution in [3.8, 4) is 0 Å². The Labute approximate surface area is 138 Å². The highest BCUT2D eigenvalue weighted by atomic mass is 16.2. The zero-order chi connectivity index (χ0) is 16.4. The number of carbonyl (C=O) groups excluding carboxylic acids is 2. The maximum Gasteiger partial charge on any atom is 0.229 e. The van der Waals surface area contributed by atoms with Crippen molar-refractivity contribution in [3.05, 3.63) is 29.3 Å². The molecule has 0 aromatic heterocycles. The minimum absolute atomic E-state index is 0.0228. The number of nitrogens with zero attached hydrogens (tertiary/aromatic N) is 1. The van der Waals surface area contributed by atoms with E-state index in [1.165, 1.54) is 19.3 Å². The van der Waals surface area contributed by atoms with Gasteiger partial charge in [-0.1, -0.05) is 31.4 Å². The molecule has 4 nitrogen and oxygen atoms in total. The number of likely N-dealkylation sites (tertiary alicyclic amines) is 1. The van der Waals surface area contributed by atoms with Crippen molar-refractivity contribution in [3.63, 3.8) is 0 Å². The molecular weight excluding hydrogens is 288 g/mol.